The summed E-state index contributed by atoms with van der Waals surface area (Å²) in [6.07, 6.45) is 1.25. The lowest BCUT2D eigenvalue weighted by atomic mass is 10.2. The van der Waals surface area contributed by atoms with Crippen LogP contribution < -0.4 is 0 Å². The van der Waals surface area contributed by atoms with E-state index in [1.54, 1.807) is 0 Å². The molecule has 0 aliphatic rings. The van der Waals surface area contributed by atoms with E-state index < -0.39 is 0 Å². The van der Waals surface area contributed by atoms with Gasteiger partial charge >= 0.3 is 0 Å². The molecule has 1 atom stereocenters. The van der Waals surface area contributed by atoms with Crippen LogP contribution >= 0.6 is 27.7 Å². The summed E-state index contributed by atoms with van der Waals surface area (Å²) in [6, 6.07) is 8.44. The quantitative estimate of drug-likeness (QED) is 0.768. The summed E-state index contributed by atoms with van der Waals surface area (Å²) in [5.41, 5.74) is 1.40. The van der Waals surface area contributed by atoms with Crippen molar-refractivity contribution in [3.63, 3.8) is 0 Å². The average molecular weight is 259 g/mol. The minimum Gasteiger partial charge on any atom is -0.154 e. The molecule has 0 radical (unpaired) electrons. The van der Waals surface area contributed by atoms with E-state index in [0.29, 0.717) is 0 Å². The van der Waals surface area contributed by atoms with E-state index in [-0.39, 0.29) is 0 Å². The standard InChI is InChI=1S/C11H15BrS/c1-3-9(2)13-8-10-6-4-5-7-11(10)12/h4-7,9H,3,8H2,1-2H3. The molecule has 0 heterocycles. The van der Waals surface area contributed by atoms with Crippen LogP contribution in [0.2, 0.25) is 0 Å². The van der Waals surface area contributed by atoms with Gasteiger partial charge in [-0.2, -0.15) is 11.8 Å². The molecule has 0 N–H and O–H groups in total. The van der Waals surface area contributed by atoms with Gasteiger partial charge in [0.15, 0.2) is 0 Å². The zero-order chi connectivity index (χ0) is 9.68. The maximum atomic E-state index is 3.55. The van der Waals surface area contributed by atoms with E-state index in [4.69, 9.17) is 0 Å². The van der Waals surface area contributed by atoms with Gasteiger partial charge < -0.3 is 0 Å². The highest BCUT2D eigenvalue weighted by molar-refractivity contribution is 9.10. The number of halogens is 1. The summed E-state index contributed by atoms with van der Waals surface area (Å²) in [6.45, 7) is 4.51. The molecular formula is C11H15BrS. The van der Waals surface area contributed by atoms with Gasteiger partial charge in [0, 0.05) is 15.5 Å². The second-order valence-corrected chi connectivity index (χ2v) is 5.40. The van der Waals surface area contributed by atoms with Gasteiger partial charge in [-0.25, -0.2) is 0 Å². The first kappa shape index (κ1) is 11.1. The Bertz CT molecular complexity index is 260. The zero-order valence-electron chi connectivity index (χ0n) is 8.09. The molecule has 2 heteroatoms. The van der Waals surface area contributed by atoms with Gasteiger partial charge in [-0.05, 0) is 18.1 Å². The van der Waals surface area contributed by atoms with Crippen molar-refractivity contribution in [1.82, 2.24) is 0 Å². The molecular weight excluding hydrogens is 244 g/mol. The number of thioether (sulfide) groups is 1. The lowest BCUT2D eigenvalue weighted by molar-refractivity contribution is 0.905. The fourth-order valence-corrected chi connectivity index (χ4v) is 2.53. The smallest absolute Gasteiger partial charge is 0.0215 e. The Morgan fingerprint density at radius 1 is 1.38 bits per heavy atom. The summed E-state index contributed by atoms with van der Waals surface area (Å²) in [7, 11) is 0. The van der Waals surface area contributed by atoms with E-state index in [1.165, 1.54) is 16.5 Å². The minimum absolute atomic E-state index is 0.757. The Hall–Kier alpha value is 0.0500. The van der Waals surface area contributed by atoms with Crippen molar-refractivity contribution in [3.8, 4) is 0 Å². The van der Waals surface area contributed by atoms with E-state index in [2.05, 4.69) is 54.0 Å². The lowest BCUT2D eigenvalue weighted by Gasteiger charge is -2.08. The largest absolute Gasteiger partial charge is 0.154 e. The van der Waals surface area contributed by atoms with Crippen molar-refractivity contribution in [2.75, 3.05) is 0 Å². The van der Waals surface area contributed by atoms with E-state index in [1.807, 2.05) is 11.8 Å². The van der Waals surface area contributed by atoms with Gasteiger partial charge in [0.25, 0.3) is 0 Å². The molecule has 0 saturated carbocycles. The Labute approximate surface area is 93.2 Å². The molecule has 1 unspecified atom stereocenters. The molecule has 0 saturated heterocycles. The fourth-order valence-electron chi connectivity index (χ4n) is 0.965. The summed E-state index contributed by atoms with van der Waals surface area (Å²) in [4.78, 5) is 0. The minimum atomic E-state index is 0.757. The first-order chi connectivity index (χ1) is 6.24. The second-order valence-electron chi connectivity index (χ2n) is 3.12. The predicted molar refractivity (Wildman–Crippen MR) is 65.2 cm³/mol. The molecule has 0 aromatic heterocycles. The van der Waals surface area contributed by atoms with Gasteiger partial charge in [0.2, 0.25) is 0 Å². The highest BCUT2D eigenvalue weighted by Gasteiger charge is 2.02. The number of hydrogen-bond acceptors (Lipinski definition) is 1. The number of benzene rings is 1. The van der Waals surface area contributed by atoms with Gasteiger partial charge in [0.1, 0.15) is 0 Å². The second kappa shape index (κ2) is 5.71. The third-order valence-corrected chi connectivity index (χ3v) is 4.21. The van der Waals surface area contributed by atoms with Gasteiger partial charge in [-0.15, -0.1) is 0 Å². The molecule has 0 aliphatic heterocycles. The van der Waals surface area contributed by atoms with Crippen LogP contribution in [0.25, 0.3) is 0 Å². The maximum absolute atomic E-state index is 3.55. The Balaban J connectivity index is 2.50. The van der Waals surface area contributed by atoms with Crippen molar-refractivity contribution in [3.05, 3.63) is 34.3 Å². The lowest BCUT2D eigenvalue weighted by Crippen LogP contribution is -1.93. The topological polar surface area (TPSA) is 0 Å². The molecule has 1 aromatic rings. The van der Waals surface area contributed by atoms with Crippen molar-refractivity contribution in [2.24, 2.45) is 0 Å². The van der Waals surface area contributed by atoms with E-state index in [0.717, 1.165) is 11.0 Å². The van der Waals surface area contributed by atoms with Crippen molar-refractivity contribution < 1.29 is 0 Å². The van der Waals surface area contributed by atoms with Crippen LogP contribution in [-0.2, 0) is 5.75 Å². The summed E-state index contributed by atoms with van der Waals surface area (Å²) in [5, 5.41) is 0.757. The van der Waals surface area contributed by atoms with Crippen LogP contribution in [0.3, 0.4) is 0 Å². The van der Waals surface area contributed by atoms with Gasteiger partial charge in [0.05, 0.1) is 0 Å². The molecule has 1 rings (SSSR count). The van der Waals surface area contributed by atoms with E-state index >= 15 is 0 Å². The molecule has 0 fully saturated rings. The van der Waals surface area contributed by atoms with Crippen LogP contribution in [0.5, 0.6) is 0 Å². The Morgan fingerprint density at radius 2 is 2.08 bits per heavy atom. The molecule has 0 aliphatic carbocycles. The van der Waals surface area contributed by atoms with Crippen LogP contribution in [-0.4, -0.2) is 5.25 Å². The van der Waals surface area contributed by atoms with E-state index in [9.17, 15) is 0 Å². The van der Waals surface area contributed by atoms with Gasteiger partial charge in [-0.3, -0.25) is 0 Å². The van der Waals surface area contributed by atoms with Crippen LogP contribution in [0.4, 0.5) is 0 Å². The molecule has 0 amide bonds. The normalized spacial score (nSPS) is 12.8. The van der Waals surface area contributed by atoms with Crippen LogP contribution in [0, 0.1) is 0 Å². The predicted octanol–water partition coefficient (Wildman–Crippen LogP) is 4.48. The van der Waals surface area contributed by atoms with Crippen molar-refractivity contribution >= 4 is 27.7 Å². The number of rotatable bonds is 4. The molecule has 1 aromatic carbocycles. The summed E-state index contributed by atoms with van der Waals surface area (Å²) >= 11 is 5.57. The molecule has 0 nitrogen and oxygen atoms in total. The molecule has 72 valence electrons. The average Bonchev–Trinajstić information content (AvgIpc) is 2.16. The SMILES string of the molecule is CCC(C)SCc1ccccc1Br. The maximum Gasteiger partial charge on any atom is 0.0215 e. The third-order valence-electron chi connectivity index (χ3n) is 2.06. The third kappa shape index (κ3) is 3.74. The molecule has 13 heavy (non-hydrogen) atoms. The van der Waals surface area contributed by atoms with Gasteiger partial charge in [-0.1, -0.05) is 48.0 Å². The summed E-state index contributed by atoms with van der Waals surface area (Å²) in [5.74, 6) is 1.11. The highest BCUT2D eigenvalue weighted by Crippen LogP contribution is 2.24. The fraction of sp³-hybridized carbons (Fsp3) is 0.455. The van der Waals surface area contributed by atoms with Crippen molar-refractivity contribution in [1.29, 1.82) is 0 Å². The highest BCUT2D eigenvalue weighted by atomic mass is 79.9. The first-order valence-corrected chi connectivity index (χ1v) is 6.43. The first-order valence-electron chi connectivity index (χ1n) is 4.59. The Morgan fingerprint density at radius 3 is 2.69 bits per heavy atom. The van der Waals surface area contributed by atoms with Crippen LogP contribution in [0.1, 0.15) is 25.8 Å². The zero-order valence-corrected chi connectivity index (χ0v) is 10.5. The van der Waals surface area contributed by atoms with Crippen LogP contribution in [0.15, 0.2) is 28.7 Å². The Kier molecular flexibility index (Phi) is 4.89. The number of hydrogen-bond donors (Lipinski definition) is 0. The molecule has 0 spiro atoms. The van der Waals surface area contributed by atoms with Crippen molar-refractivity contribution in [2.45, 2.75) is 31.3 Å². The monoisotopic (exact) mass is 258 g/mol. The summed E-state index contributed by atoms with van der Waals surface area (Å²) < 4.78 is 1.23. The molecule has 0 bridgehead atoms.